The molecule has 1 saturated carbocycles. The molecule has 0 aliphatic heterocycles. The highest BCUT2D eigenvalue weighted by atomic mass is 79.9. The molecule has 0 amide bonds. The van der Waals surface area contributed by atoms with Crippen molar-refractivity contribution < 1.29 is 13.9 Å². The van der Waals surface area contributed by atoms with Gasteiger partial charge in [-0.25, -0.2) is 8.78 Å². The first kappa shape index (κ1) is 12.8. The lowest BCUT2D eigenvalue weighted by atomic mass is 9.91. The number of phenols is 1. The predicted octanol–water partition coefficient (Wildman–Crippen LogP) is 3.62. The number of nitrogens with two attached hydrogens (primary N) is 1. The van der Waals surface area contributed by atoms with Crippen LogP contribution in [0.5, 0.6) is 5.75 Å². The van der Waals surface area contributed by atoms with Crippen LogP contribution in [0.3, 0.4) is 0 Å². The Kier molecular flexibility index (Phi) is 3.68. The van der Waals surface area contributed by atoms with E-state index in [-0.39, 0.29) is 21.7 Å². The van der Waals surface area contributed by atoms with Crippen LogP contribution in [0, 0.1) is 17.6 Å². The lowest BCUT2D eigenvalue weighted by Crippen LogP contribution is -2.21. The number of benzene rings is 1. The summed E-state index contributed by atoms with van der Waals surface area (Å²) in [5.41, 5.74) is 5.84. The Balaban J connectivity index is 2.42. The highest BCUT2D eigenvalue weighted by Gasteiger charge is 2.29. The van der Waals surface area contributed by atoms with Gasteiger partial charge in [-0.3, -0.25) is 0 Å². The van der Waals surface area contributed by atoms with Crippen LogP contribution < -0.4 is 5.73 Å². The van der Waals surface area contributed by atoms with Gasteiger partial charge in [0.2, 0.25) is 0 Å². The van der Waals surface area contributed by atoms with Crippen LogP contribution in [0.1, 0.15) is 37.3 Å². The summed E-state index contributed by atoms with van der Waals surface area (Å²) in [5.74, 6) is -2.20. The molecule has 94 valence electrons. The zero-order chi connectivity index (χ0) is 12.6. The fraction of sp³-hybridized carbons (Fsp3) is 0.500. The average Bonchev–Trinajstić information content (AvgIpc) is 2.80. The molecule has 1 aliphatic rings. The van der Waals surface area contributed by atoms with E-state index in [1.54, 1.807) is 0 Å². The van der Waals surface area contributed by atoms with Crippen molar-refractivity contribution in [2.24, 2.45) is 11.7 Å². The molecule has 1 fully saturated rings. The summed E-state index contributed by atoms with van der Waals surface area (Å²) in [6, 6.07) is 0.264. The van der Waals surface area contributed by atoms with Crippen molar-refractivity contribution in [1.82, 2.24) is 0 Å². The van der Waals surface area contributed by atoms with Gasteiger partial charge in [-0.2, -0.15) is 0 Å². The minimum atomic E-state index is -1.04. The molecule has 2 nitrogen and oxygen atoms in total. The third kappa shape index (κ3) is 2.31. The van der Waals surface area contributed by atoms with E-state index in [9.17, 15) is 13.9 Å². The first-order valence-electron chi connectivity index (χ1n) is 5.64. The highest BCUT2D eigenvalue weighted by Crippen LogP contribution is 2.41. The standard InChI is InChI=1S/C12H14BrF2NO/c13-7-5-8(14)10(15)9(12(7)17)11(16)6-3-1-2-4-6/h5-6,11,17H,1-4,16H2/t11-/m1/s1. The third-order valence-corrected chi connectivity index (χ3v) is 4.03. The molecule has 17 heavy (non-hydrogen) atoms. The normalized spacial score (nSPS) is 18.6. The molecule has 2 rings (SSSR count). The van der Waals surface area contributed by atoms with Crippen molar-refractivity contribution in [2.75, 3.05) is 0 Å². The minimum Gasteiger partial charge on any atom is -0.506 e. The van der Waals surface area contributed by atoms with Gasteiger partial charge < -0.3 is 10.8 Å². The van der Waals surface area contributed by atoms with Crippen LogP contribution in [0.15, 0.2) is 10.5 Å². The average molecular weight is 306 g/mol. The van der Waals surface area contributed by atoms with E-state index in [1.807, 2.05) is 0 Å². The molecule has 1 aromatic rings. The van der Waals surface area contributed by atoms with Crippen molar-refractivity contribution in [3.05, 3.63) is 27.7 Å². The Hall–Kier alpha value is -0.680. The Labute approximate surface area is 107 Å². The van der Waals surface area contributed by atoms with Crippen LogP contribution in [0.2, 0.25) is 0 Å². The van der Waals surface area contributed by atoms with Gasteiger partial charge in [0.1, 0.15) is 5.75 Å². The SMILES string of the molecule is N[C@@H](c1c(O)c(Br)cc(F)c1F)C1CCCC1. The van der Waals surface area contributed by atoms with E-state index < -0.39 is 17.7 Å². The van der Waals surface area contributed by atoms with Gasteiger partial charge >= 0.3 is 0 Å². The maximum Gasteiger partial charge on any atom is 0.167 e. The molecule has 0 bridgehead atoms. The van der Waals surface area contributed by atoms with Crippen molar-refractivity contribution in [2.45, 2.75) is 31.7 Å². The molecule has 1 aliphatic carbocycles. The highest BCUT2D eigenvalue weighted by molar-refractivity contribution is 9.10. The number of phenolic OH excluding ortho intramolecular Hbond substituents is 1. The monoisotopic (exact) mass is 305 g/mol. The van der Waals surface area contributed by atoms with Crippen molar-refractivity contribution in [3.8, 4) is 5.75 Å². The Morgan fingerprint density at radius 2 is 1.94 bits per heavy atom. The molecule has 0 unspecified atom stereocenters. The maximum atomic E-state index is 13.7. The van der Waals surface area contributed by atoms with E-state index in [0.29, 0.717) is 0 Å². The van der Waals surface area contributed by atoms with Crippen molar-refractivity contribution >= 4 is 15.9 Å². The molecule has 0 spiro atoms. The van der Waals surface area contributed by atoms with Crippen molar-refractivity contribution in [1.29, 1.82) is 0 Å². The molecular formula is C12H14BrF2NO. The van der Waals surface area contributed by atoms with E-state index >= 15 is 0 Å². The topological polar surface area (TPSA) is 46.2 Å². The molecule has 1 aromatic carbocycles. The van der Waals surface area contributed by atoms with Crippen LogP contribution in [-0.2, 0) is 0 Å². The van der Waals surface area contributed by atoms with Gasteiger partial charge in [-0.05, 0) is 40.8 Å². The van der Waals surface area contributed by atoms with Crippen LogP contribution >= 0.6 is 15.9 Å². The van der Waals surface area contributed by atoms with Gasteiger partial charge in [0, 0.05) is 6.04 Å². The summed E-state index contributed by atoms with van der Waals surface area (Å²) < 4.78 is 27.1. The summed E-state index contributed by atoms with van der Waals surface area (Å²) in [5, 5.41) is 9.80. The number of aromatic hydroxyl groups is 1. The molecule has 3 N–H and O–H groups in total. The van der Waals surface area contributed by atoms with E-state index in [1.165, 1.54) is 0 Å². The van der Waals surface area contributed by atoms with E-state index in [0.717, 1.165) is 31.7 Å². The second kappa shape index (κ2) is 4.90. The van der Waals surface area contributed by atoms with Gasteiger partial charge in [-0.15, -0.1) is 0 Å². The van der Waals surface area contributed by atoms with Gasteiger partial charge in [-0.1, -0.05) is 12.8 Å². The van der Waals surface area contributed by atoms with Crippen LogP contribution in [0.25, 0.3) is 0 Å². The van der Waals surface area contributed by atoms with Gasteiger partial charge in [0.25, 0.3) is 0 Å². The second-order valence-corrected chi connectivity index (χ2v) is 5.34. The quantitative estimate of drug-likeness (QED) is 0.820. The summed E-state index contributed by atoms with van der Waals surface area (Å²) in [6.45, 7) is 0. The maximum absolute atomic E-state index is 13.7. The summed E-state index contributed by atoms with van der Waals surface area (Å²) in [4.78, 5) is 0. The van der Waals surface area contributed by atoms with Crippen LogP contribution in [-0.4, -0.2) is 5.11 Å². The van der Waals surface area contributed by atoms with E-state index in [2.05, 4.69) is 15.9 Å². The molecule has 5 heteroatoms. The molecule has 0 aromatic heterocycles. The number of hydrogen-bond acceptors (Lipinski definition) is 2. The smallest absolute Gasteiger partial charge is 0.167 e. The third-order valence-electron chi connectivity index (χ3n) is 3.42. The zero-order valence-electron chi connectivity index (χ0n) is 9.22. The van der Waals surface area contributed by atoms with Crippen LogP contribution in [0.4, 0.5) is 8.78 Å². The summed E-state index contributed by atoms with van der Waals surface area (Å²) >= 11 is 3.00. The number of hydrogen-bond donors (Lipinski definition) is 2. The zero-order valence-corrected chi connectivity index (χ0v) is 10.8. The Morgan fingerprint density at radius 3 is 2.53 bits per heavy atom. The number of rotatable bonds is 2. The van der Waals surface area contributed by atoms with Gasteiger partial charge in [0.05, 0.1) is 10.0 Å². The molecule has 0 heterocycles. The minimum absolute atomic E-state index is 0.108. The molecule has 0 radical (unpaired) electrons. The summed E-state index contributed by atoms with van der Waals surface area (Å²) in [7, 11) is 0. The van der Waals surface area contributed by atoms with Crippen molar-refractivity contribution in [3.63, 3.8) is 0 Å². The first-order valence-corrected chi connectivity index (χ1v) is 6.43. The van der Waals surface area contributed by atoms with Gasteiger partial charge in [0.15, 0.2) is 11.6 Å². The Morgan fingerprint density at radius 1 is 1.35 bits per heavy atom. The molecule has 1 atom stereocenters. The number of halogens is 3. The summed E-state index contributed by atoms with van der Waals surface area (Å²) in [6.07, 6.45) is 3.90. The fourth-order valence-corrected chi connectivity index (χ4v) is 2.88. The first-order chi connectivity index (χ1) is 8.02. The lowest BCUT2D eigenvalue weighted by Gasteiger charge is -2.21. The Bertz CT molecular complexity index is 407. The predicted molar refractivity (Wildman–Crippen MR) is 64.6 cm³/mol. The molecular weight excluding hydrogens is 292 g/mol. The fourth-order valence-electron chi connectivity index (χ4n) is 2.46. The largest absolute Gasteiger partial charge is 0.506 e. The molecule has 0 saturated heterocycles. The second-order valence-electron chi connectivity index (χ2n) is 4.49. The lowest BCUT2D eigenvalue weighted by molar-refractivity contribution is 0.382. The van der Waals surface area contributed by atoms with E-state index in [4.69, 9.17) is 5.73 Å².